The number of ether oxygens (including phenoxy) is 1. The summed E-state index contributed by atoms with van der Waals surface area (Å²) >= 11 is 0. The molecule has 0 fully saturated rings. The van der Waals surface area contributed by atoms with Crippen LogP contribution in [-0.4, -0.2) is 20.1 Å². The number of nitrogens with zero attached hydrogens (tertiary/aromatic N) is 1. The number of nitrogens with one attached hydrogen (secondary N) is 2. The van der Waals surface area contributed by atoms with Crippen LogP contribution in [0.15, 0.2) is 59.6 Å². The minimum Gasteiger partial charge on any atom is -0.489 e. The van der Waals surface area contributed by atoms with Crippen molar-refractivity contribution in [1.29, 1.82) is 0 Å². The van der Waals surface area contributed by atoms with Crippen LogP contribution in [0.25, 0.3) is 0 Å². The van der Waals surface area contributed by atoms with Gasteiger partial charge in [-0.2, -0.15) is 0 Å². The van der Waals surface area contributed by atoms with Crippen LogP contribution in [-0.2, 0) is 13.2 Å². The van der Waals surface area contributed by atoms with Gasteiger partial charge in [-0.15, -0.1) is 24.0 Å². The molecule has 2 aromatic rings. The first kappa shape index (κ1) is 18.3. The minimum atomic E-state index is 0. The molecule has 4 nitrogen and oxygen atoms in total. The molecule has 118 valence electrons. The van der Waals surface area contributed by atoms with Gasteiger partial charge in [0.15, 0.2) is 5.96 Å². The minimum absolute atomic E-state index is 0. The van der Waals surface area contributed by atoms with Crippen molar-refractivity contribution < 1.29 is 4.74 Å². The van der Waals surface area contributed by atoms with Crippen LogP contribution in [0.1, 0.15) is 11.1 Å². The summed E-state index contributed by atoms with van der Waals surface area (Å²) in [5, 5.41) is 6.21. The van der Waals surface area contributed by atoms with Gasteiger partial charge in [-0.05, 0) is 23.3 Å². The fourth-order valence-corrected chi connectivity index (χ4v) is 1.90. The lowest BCUT2D eigenvalue weighted by Crippen LogP contribution is -2.34. The van der Waals surface area contributed by atoms with E-state index < -0.39 is 0 Å². The summed E-state index contributed by atoms with van der Waals surface area (Å²) in [6.45, 7) is 1.32. The van der Waals surface area contributed by atoms with Gasteiger partial charge in [0.1, 0.15) is 12.4 Å². The van der Waals surface area contributed by atoms with E-state index in [4.69, 9.17) is 4.74 Å². The third kappa shape index (κ3) is 5.93. The molecular weight excluding hydrogens is 389 g/mol. The molecule has 0 aliphatic rings. The number of benzene rings is 2. The topological polar surface area (TPSA) is 45.7 Å². The largest absolute Gasteiger partial charge is 0.489 e. The zero-order valence-corrected chi connectivity index (χ0v) is 15.2. The maximum atomic E-state index is 5.72. The van der Waals surface area contributed by atoms with Crippen molar-refractivity contribution in [1.82, 2.24) is 10.6 Å². The average molecular weight is 411 g/mol. The van der Waals surface area contributed by atoms with Crippen LogP contribution in [0.3, 0.4) is 0 Å². The Morgan fingerprint density at radius 3 is 2.23 bits per heavy atom. The first-order valence-corrected chi connectivity index (χ1v) is 6.96. The molecule has 0 spiro atoms. The second kappa shape index (κ2) is 10.0. The molecule has 5 heteroatoms. The Kier molecular flexibility index (Phi) is 8.35. The highest BCUT2D eigenvalue weighted by Crippen LogP contribution is 2.12. The maximum absolute atomic E-state index is 5.72. The molecule has 0 amide bonds. The third-order valence-electron chi connectivity index (χ3n) is 3.09. The SMILES string of the molecule is CN=C(NC)NCc1ccc(COc2ccccc2)cc1.I. The van der Waals surface area contributed by atoms with E-state index in [-0.39, 0.29) is 24.0 Å². The van der Waals surface area contributed by atoms with E-state index in [0.717, 1.165) is 23.8 Å². The van der Waals surface area contributed by atoms with E-state index in [1.165, 1.54) is 5.56 Å². The molecule has 0 saturated carbocycles. The van der Waals surface area contributed by atoms with Crippen molar-refractivity contribution >= 4 is 29.9 Å². The van der Waals surface area contributed by atoms with E-state index in [1.807, 2.05) is 37.4 Å². The molecule has 22 heavy (non-hydrogen) atoms. The Morgan fingerprint density at radius 2 is 1.64 bits per heavy atom. The highest BCUT2D eigenvalue weighted by Gasteiger charge is 1.98. The summed E-state index contributed by atoms with van der Waals surface area (Å²) < 4.78 is 5.72. The Morgan fingerprint density at radius 1 is 1.00 bits per heavy atom. The lowest BCUT2D eigenvalue weighted by Gasteiger charge is -2.09. The molecule has 0 atom stereocenters. The summed E-state index contributed by atoms with van der Waals surface area (Å²) in [7, 11) is 3.60. The first-order chi connectivity index (χ1) is 10.3. The van der Waals surface area contributed by atoms with Crippen molar-refractivity contribution in [2.24, 2.45) is 4.99 Å². The van der Waals surface area contributed by atoms with Gasteiger partial charge in [0.2, 0.25) is 0 Å². The van der Waals surface area contributed by atoms with Crippen molar-refractivity contribution in [3.8, 4) is 5.75 Å². The van der Waals surface area contributed by atoms with Crippen LogP contribution in [0.4, 0.5) is 0 Å². The van der Waals surface area contributed by atoms with Crippen LogP contribution < -0.4 is 15.4 Å². The standard InChI is InChI=1S/C17H21N3O.HI/c1-18-17(19-2)20-12-14-8-10-15(11-9-14)13-21-16-6-4-3-5-7-16;/h3-11H,12-13H2,1-2H3,(H2,18,19,20);1H. The Bertz CT molecular complexity index is 570. The Balaban J connectivity index is 0.00000242. The number of rotatable bonds is 5. The van der Waals surface area contributed by atoms with Gasteiger partial charge in [0.05, 0.1) is 0 Å². The van der Waals surface area contributed by atoms with E-state index in [2.05, 4.69) is 39.9 Å². The van der Waals surface area contributed by atoms with Crippen LogP contribution in [0, 0.1) is 0 Å². The normalized spacial score (nSPS) is 10.5. The quantitative estimate of drug-likeness (QED) is 0.452. The van der Waals surface area contributed by atoms with E-state index in [1.54, 1.807) is 7.05 Å². The van der Waals surface area contributed by atoms with E-state index in [9.17, 15) is 0 Å². The summed E-state index contributed by atoms with van der Waals surface area (Å²) in [6.07, 6.45) is 0. The van der Waals surface area contributed by atoms with Crippen LogP contribution >= 0.6 is 24.0 Å². The molecule has 0 aliphatic heterocycles. The maximum Gasteiger partial charge on any atom is 0.190 e. The number of hydrogen-bond donors (Lipinski definition) is 2. The predicted octanol–water partition coefficient (Wildman–Crippen LogP) is 3.18. The third-order valence-corrected chi connectivity index (χ3v) is 3.09. The van der Waals surface area contributed by atoms with Gasteiger partial charge in [-0.3, -0.25) is 4.99 Å². The van der Waals surface area contributed by atoms with Crippen molar-refractivity contribution in [2.45, 2.75) is 13.2 Å². The molecule has 2 rings (SSSR count). The molecular formula is C17H22IN3O. The van der Waals surface area contributed by atoms with E-state index in [0.29, 0.717) is 6.61 Å². The molecule has 0 aromatic heterocycles. The smallest absolute Gasteiger partial charge is 0.190 e. The van der Waals surface area contributed by atoms with Crippen molar-refractivity contribution in [3.63, 3.8) is 0 Å². The molecule has 0 unspecified atom stereocenters. The lowest BCUT2D eigenvalue weighted by molar-refractivity contribution is 0.306. The van der Waals surface area contributed by atoms with Gasteiger partial charge < -0.3 is 15.4 Å². The lowest BCUT2D eigenvalue weighted by atomic mass is 10.1. The Hall–Kier alpha value is -1.76. The summed E-state index contributed by atoms with van der Waals surface area (Å²) in [5.74, 6) is 1.67. The highest BCUT2D eigenvalue weighted by molar-refractivity contribution is 14.0. The highest BCUT2D eigenvalue weighted by atomic mass is 127. The number of para-hydroxylation sites is 1. The second-order valence-corrected chi connectivity index (χ2v) is 4.59. The van der Waals surface area contributed by atoms with Crippen LogP contribution in [0.5, 0.6) is 5.75 Å². The van der Waals surface area contributed by atoms with Crippen LogP contribution in [0.2, 0.25) is 0 Å². The fraction of sp³-hybridized carbons (Fsp3) is 0.235. The molecule has 0 heterocycles. The van der Waals surface area contributed by atoms with Gasteiger partial charge >= 0.3 is 0 Å². The van der Waals surface area contributed by atoms with Crippen molar-refractivity contribution in [2.75, 3.05) is 14.1 Å². The number of halogens is 1. The zero-order chi connectivity index (χ0) is 14.9. The zero-order valence-electron chi connectivity index (χ0n) is 12.9. The van der Waals surface area contributed by atoms with E-state index >= 15 is 0 Å². The van der Waals surface area contributed by atoms with Gasteiger partial charge in [-0.25, -0.2) is 0 Å². The predicted molar refractivity (Wildman–Crippen MR) is 102 cm³/mol. The molecule has 0 bridgehead atoms. The number of hydrogen-bond acceptors (Lipinski definition) is 2. The first-order valence-electron chi connectivity index (χ1n) is 6.96. The van der Waals surface area contributed by atoms with Crippen molar-refractivity contribution in [3.05, 3.63) is 65.7 Å². The number of guanidine groups is 1. The molecule has 2 N–H and O–H groups in total. The molecule has 0 aliphatic carbocycles. The number of aliphatic imine (C=N–C) groups is 1. The summed E-state index contributed by atoms with van der Waals surface area (Å²) in [4.78, 5) is 4.08. The van der Waals surface area contributed by atoms with Gasteiger partial charge in [-0.1, -0.05) is 42.5 Å². The monoisotopic (exact) mass is 411 g/mol. The Labute approximate surface area is 149 Å². The summed E-state index contributed by atoms with van der Waals surface area (Å²) in [6, 6.07) is 18.2. The summed E-state index contributed by atoms with van der Waals surface area (Å²) in [5.41, 5.74) is 2.36. The molecule has 2 aromatic carbocycles. The molecule has 0 radical (unpaired) electrons. The average Bonchev–Trinajstić information content (AvgIpc) is 2.56. The molecule has 0 saturated heterocycles. The van der Waals surface area contributed by atoms with Gasteiger partial charge in [0, 0.05) is 20.6 Å². The second-order valence-electron chi connectivity index (χ2n) is 4.59. The fourth-order valence-electron chi connectivity index (χ4n) is 1.90. The van der Waals surface area contributed by atoms with Gasteiger partial charge in [0.25, 0.3) is 0 Å².